The summed E-state index contributed by atoms with van der Waals surface area (Å²) in [5.41, 5.74) is 0. The molecule has 1 aliphatic heterocycles. The molecule has 1 amide bonds. The minimum absolute atomic E-state index is 0.0531. The lowest BCUT2D eigenvalue weighted by Gasteiger charge is -2.29. The zero-order chi connectivity index (χ0) is 12.1. The average Bonchev–Trinajstić information content (AvgIpc) is 2.28. The number of carbonyl (C=O) groups excluding carboxylic acids is 1. The van der Waals surface area contributed by atoms with Crippen molar-refractivity contribution >= 4 is 18.5 Å². The minimum atomic E-state index is -0.206. The second-order valence-electron chi connectivity index (χ2n) is 4.94. The molecule has 0 radical (unpaired) electrons. The molecular formula is C12H23NO2S. The molecule has 1 fully saturated rings. The van der Waals surface area contributed by atoms with Crippen molar-refractivity contribution in [1.82, 2.24) is 5.32 Å². The van der Waals surface area contributed by atoms with Crippen LogP contribution in [-0.4, -0.2) is 30.4 Å². The van der Waals surface area contributed by atoms with Gasteiger partial charge in [-0.05, 0) is 31.6 Å². The lowest BCUT2D eigenvalue weighted by molar-refractivity contribution is -0.122. The van der Waals surface area contributed by atoms with Crippen LogP contribution in [0.15, 0.2) is 0 Å². The lowest BCUT2D eigenvalue weighted by Crippen LogP contribution is -2.44. The minimum Gasteiger partial charge on any atom is -0.381 e. The normalized spacial score (nSPS) is 21.8. The molecule has 0 saturated carbocycles. The zero-order valence-corrected chi connectivity index (χ0v) is 11.3. The molecule has 2 unspecified atom stereocenters. The van der Waals surface area contributed by atoms with Gasteiger partial charge in [-0.25, -0.2) is 0 Å². The summed E-state index contributed by atoms with van der Waals surface area (Å²) >= 11 is 4.32. The second-order valence-corrected chi connectivity index (χ2v) is 5.49. The molecule has 0 aromatic rings. The molecule has 0 aliphatic carbocycles. The maximum atomic E-state index is 11.8. The third-order valence-electron chi connectivity index (χ3n) is 3.24. The van der Waals surface area contributed by atoms with E-state index in [2.05, 4.69) is 24.9 Å². The summed E-state index contributed by atoms with van der Waals surface area (Å²) in [5, 5.41) is 2.85. The molecule has 1 N–H and O–H groups in total. The van der Waals surface area contributed by atoms with E-state index >= 15 is 0 Å². The Bertz CT molecular complexity index is 227. The Morgan fingerprint density at radius 2 is 1.88 bits per heavy atom. The molecular weight excluding hydrogens is 222 g/mol. The van der Waals surface area contributed by atoms with Crippen LogP contribution < -0.4 is 5.32 Å². The Hall–Kier alpha value is -0.220. The van der Waals surface area contributed by atoms with Crippen LogP contribution in [0.1, 0.15) is 33.6 Å². The van der Waals surface area contributed by atoms with Crippen molar-refractivity contribution in [2.45, 2.75) is 44.9 Å². The van der Waals surface area contributed by atoms with E-state index in [1.54, 1.807) is 0 Å². The van der Waals surface area contributed by atoms with Gasteiger partial charge in [-0.2, -0.15) is 12.6 Å². The summed E-state index contributed by atoms with van der Waals surface area (Å²) in [7, 11) is 0. The van der Waals surface area contributed by atoms with Crippen LogP contribution >= 0.6 is 12.6 Å². The molecule has 2 atom stereocenters. The van der Waals surface area contributed by atoms with Gasteiger partial charge in [0.2, 0.25) is 5.91 Å². The standard InChI is InChI=1S/C12H23NO2S/c1-8(2)11(16)12(14)13-9(3)10-4-6-15-7-5-10/h8-11,16H,4-7H2,1-3H3,(H,13,14). The fraction of sp³-hybridized carbons (Fsp3) is 0.917. The fourth-order valence-corrected chi connectivity index (χ4v) is 2.02. The van der Waals surface area contributed by atoms with Gasteiger partial charge in [0.05, 0.1) is 5.25 Å². The number of nitrogens with one attached hydrogen (secondary N) is 1. The Labute approximate surface area is 104 Å². The van der Waals surface area contributed by atoms with E-state index in [9.17, 15) is 4.79 Å². The van der Waals surface area contributed by atoms with Gasteiger partial charge in [0, 0.05) is 19.3 Å². The first-order valence-electron chi connectivity index (χ1n) is 6.08. The van der Waals surface area contributed by atoms with Crippen molar-refractivity contribution in [3.8, 4) is 0 Å². The van der Waals surface area contributed by atoms with E-state index in [0.717, 1.165) is 26.1 Å². The zero-order valence-electron chi connectivity index (χ0n) is 10.4. The lowest BCUT2D eigenvalue weighted by atomic mass is 9.92. The highest BCUT2D eigenvalue weighted by molar-refractivity contribution is 7.81. The van der Waals surface area contributed by atoms with Crippen LogP contribution in [0, 0.1) is 11.8 Å². The van der Waals surface area contributed by atoms with Crippen molar-refractivity contribution in [3.05, 3.63) is 0 Å². The van der Waals surface area contributed by atoms with Crippen LogP contribution in [-0.2, 0) is 9.53 Å². The molecule has 94 valence electrons. The molecule has 4 heteroatoms. The van der Waals surface area contributed by atoms with Crippen LogP contribution in [0.5, 0.6) is 0 Å². The maximum Gasteiger partial charge on any atom is 0.233 e. The van der Waals surface area contributed by atoms with Gasteiger partial charge in [-0.1, -0.05) is 13.8 Å². The molecule has 0 bridgehead atoms. The van der Waals surface area contributed by atoms with Gasteiger partial charge in [0.1, 0.15) is 0 Å². The SMILES string of the molecule is CC(C)C(S)C(=O)NC(C)C1CCOCC1. The summed E-state index contributed by atoms with van der Waals surface area (Å²) in [6, 6.07) is 0.227. The summed E-state index contributed by atoms with van der Waals surface area (Å²) < 4.78 is 5.31. The number of amides is 1. The van der Waals surface area contributed by atoms with E-state index in [4.69, 9.17) is 4.74 Å². The van der Waals surface area contributed by atoms with Crippen molar-refractivity contribution in [1.29, 1.82) is 0 Å². The molecule has 16 heavy (non-hydrogen) atoms. The van der Waals surface area contributed by atoms with Crippen molar-refractivity contribution in [2.24, 2.45) is 11.8 Å². The van der Waals surface area contributed by atoms with E-state index in [1.165, 1.54) is 0 Å². The predicted molar refractivity (Wildman–Crippen MR) is 68.8 cm³/mol. The van der Waals surface area contributed by atoms with Gasteiger partial charge in [0.25, 0.3) is 0 Å². The van der Waals surface area contributed by atoms with E-state index in [0.29, 0.717) is 5.92 Å². The molecule has 0 spiro atoms. The Morgan fingerprint density at radius 1 is 1.31 bits per heavy atom. The van der Waals surface area contributed by atoms with Gasteiger partial charge in [-0.15, -0.1) is 0 Å². The maximum absolute atomic E-state index is 11.8. The van der Waals surface area contributed by atoms with Crippen molar-refractivity contribution in [2.75, 3.05) is 13.2 Å². The van der Waals surface area contributed by atoms with E-state index < -0.39 is 0 Å². The number of carbonyl (C=O) groups is 1. The highest BCUT2D eigenvalue weighted by Gasteiger charge is 2.24. The molecule has 3 nitrogen and oxygen atoms in total. The van der Waals surface area contributed by atoms with Crippen LogP contribution in [0.4, 0.5) is 0 Å². The first kappa shape index (κ1) is 13.8. The first-order valence-corrected chi connectivity index (χ1v) is 6.60. The van der Waals surface area contributed by atoms with Crippen molar-refractivity contribution < 1.29 is 9.53 Å². The second kappa shape index (κ2) is 6.50. The highest BCUT2D eigenvalue weighted by Crippen LogP contribution is 2.19. The molecule has 1 rings (SSSR count). The number of hydrogen-bond donors (Lipinski definition) is 2. The number of thiol groups is 1. The van der Waals surface area contributed by atoms with E-state index in [1.807, 2.05) is 13.8 Å². The van der Waals surface area contributed by atoms with Gasteiger partial charge in [-0.3, -0.25) is 4.79 Å². The summed E-state index contributed by atoms with van der Waals surface area (Å²) in [6.07, 6.45) is 2.08. The summed E-state index contributed by atoms with van der Waals surface area (Å²) in [5.74, 6) is 0.868. The number of ether oxygens (including phenoxy) is 1. The third kappa shape index (κ3) is 3.98. The van der Waals surface area contributed by atoms with Crippen molar-refractivity contribution in [3.63, 3.8) is 0 Å². The highest BCUT2D eigenvalue weighted by atomic mass is 32.1. The quantitative estimate of drug-likeness (QED) is 0.742. The van der Waals surface area contributed by atoms with Crippen LogP contribution in [0.3, 0.4) is 0 Å². The summed E-state index contributed by atoms with van der Waals surface area (Å²) in [6.45, 7) is 7.74. The Kier molecular flexibility index (Phi) is 5.62. The smallest absolute Gasteiger partial charge is 0.233 e. The Balaban J connectivity index is 2.37. The number of rotatable bonds is 4. The molecule has 1 heterocycles. The number of hydrogen-bond acceptors (Lipinski definition) is 3. The molecule has 1 saturated heterocycles. The van der Waals surface area contributed by atoms with E-state index in [-0.39, 0.29) is 23.1 Å². The Morgan fingerprint density at radius 3 is 2.38 bits per heavy atom. The van der Waals surface area contributed by atoms with Gasteiger partial charge < -0.3 is 10.1 Å². The fourth-order valence-electron chi connectivity index (χ4n) is 1.95. The third-order valence-corrected chi connectivity index (χ3v) is 4.07. The average molecular weight is 245 g/mol. The first-order chi connectivity index (χ1) is 7.52. The topological polar surface area (TPSA) is 38.3 Å². The summed E-state index contributed by atoms with van der Waals surface area (Å²) in [4.78, 5) is 11.8. The predicted octanol–water partition coefficient (Wildman–Crippen LogP) is 1.87. The molecule has 0 aromatic carbocycles. The molecule has 0 aromatic heterocycles. The largest absolute Gasteiger partial charge is 0.381 e. The van der Waals surface area contributed by atoms with Crippen LogP contribution in [0.25, 0.3) is 0 Å². The molecule has 1 aliphatic rings. The monoisotopic (exact) mass is 245 g/mol. The van der Waals surface area contributed by atoms with Crippen LogP contribution in [0.2, 0.25) is 0 Å². The van der Waals surface area contributed by atoms with Gasteiger partial charge in [0.15, 0.2) is 0 Å². The van der Waals surface area contributed by atoms with Gasteiger partial charge >= 0.3 is 0 Å².